The third-order valence-corrected chi connectivity index (χ3v) is 6.21. The van der Waals surface area contributed by atoms with Gasteiger partial charge in [0, 0.05) is 25.2 Å². The van der Waals surface area contributed by atoms with Crippen molar-refractivity contribution in [3.63, 3.8) is 0 Å². The molecule has 0 aliphatic rings. The Hall–Kier alpha value is -3.37. The molecule has 4 aromatic rings. The predicted molar refractivity (Wildman–Crippen MR) is 124 cm³/mol. The molecule has 31 heavy (non-hydrogen) atoms. The Kier molecular flexibility index (Phi) is 5.42. The van der Waals surface area contributed by atoms with Crippen molar-refractivity contribution < 1.29 is 8.42 Å². The van der Waals surface area contributed by atoms with Gasteiger partial charge in [-0.3, -0.25) is 8.99 Å². The van der Waals surface area contributed by atoms with E-state index in [1.165, 1.54) is 17.5 Å². The molecule has 0 unspecified atom stereocenters. The van der Waals surface area contributed by atoms with E-state index in [4.69, 9.17) is 11.6 Å². The average Bonchev–Trinajstić information content (AvgIpc) is 3.10. The van der Waals surface area contributed by atoms with Gasteiger partial charge in [-0.05, 0) is 30.3 Å². The second kappa shape index (κ2) is 8.05. The van der Waals surface area contributed by atoms with Crippen LogP contribution >= 0.6 is 11.6 Å². The summed E-state index contributed by atoms with van der Waals surface area (Å²) in [5, 5.41) is 11.8. The highest BCUT2D eigenvalue weighted by molar-refractivity contribution is 7.92. The van der Waals surface area contributed by atoms with Crippen LogP contribution in [-0.2, 0) is 17.1 Å². The largest absolute Gasteiger partial charge is 0.337 e. The quantitative estimate of drug-likeness (QED) is 0.452. The number of aromatic nitrogens is 4. The first kappa shape index (κ1) is 20.9. The molecular weight excluding hydrogens is 438 g/mol. The number of hydrogen-bond donors (Lipinski definition) is 2. The molecular formula is C20H20ClN7O2S. The van der Waals surface area contributed by atoms with Gasteiger partial charge in [0.25, 0.3) is 0 Å². The van der Waals surface area contributed by atoms with Crippen molar-refractivity contribution in [2.24, 2.45) is 7.05 Å². The van der Waals surface area contributed by atoms with E-state index in [9.17, 15) is 8.42 Å². The summed E-state index contributed by atoms with van der Waals surface area (Å²) in [6, 6.07) is 12.8. The molecule has 2 aromatic heterocycles. The molecule has 0 aliphatic heterocycles. The van der Waals surface area contributed by atoms with Crippen molar-refractivity contribution in [2.45, 2.75) is 0 Å². The minimum Gasteiger partial charge on any atom is -0.337 e. The number of anilines is 5. The zero-order chi connectivity index (χ0) is 22.2. The van der Waals surface area contributed by atoms with E-state index in [0.29, 0.717) is 28.2 Å². The van der Waals surface area contributed by atoms with Crippen molar-refractivity contribution >= 4 is 61.4 Å². The lowest BCUT2D eigenvalue weighted by Gasteiger charge is -2.21. The normalized spacial score (nSPS) is 11.5. The fraction of sp³-hybridized carbons (Fsp3) is 0.150. The molecule has 9 nitrogen and oxygen atoms in total. The maximum atomic E-state index is 12.0. The average molecular weight is 458 g/mol. The highest BCUT2D eigenvalue weighted by Gasteiger charge is 2.17. The van der Waals surface area contributed by atoms with Crippen molar-refractivity contribution in [3.8, 4) is 0 Å². The number of nitrogens with one attached hydrogen (secondary N) is 2. The lowest BCUT2D eigenvalue weighted by atomic mass is 10.2. The number of fused-ring (bicyclic) bond motifs is 1. The van der Waals surface area contributed by atoms with Crippen LogP contribution in [0.2, 0.25) is 5.02 Å². The number of benzene rings is 2. The van der Waals surface area contributed by atoms with E-state index in [1.54, 1.807) is 35.1 Å². The Morgan fingerprint density at radius 2 is 1.87 bits per heavy atom. The zero-order valence-electron chi connectivity index (χ0n) is 17.0. The van der Waals surface area contributed by atoms with Crippen LogP contribution in [0.4, 0.5) is 28.8 Å². The summed E-state index contributed by atoms with van der Waals surface area (Å²) in [5.74, 6) is 0.678. The monoisotopic (exact) mass is 457 g/mol. The van der Waals surface area contributed by atoms with E-state index in [2.05, 4.69) is 25.7 Å². The van der Waals surface area contributed by atoms with Crippen molar-refractivity contribution in [3.05, 3.63) is 59.9 Å². The van der Waals surface area contributed by atoms with E-state index < -0.39 is 10.0 Å². The predicted octanol–water partition coefficient (Wildman–Crippen LogP) is 3.90. The van der Waals surface area contributed by atoms with Crippen molar-refractivity contribution in [1.82, 2.24) is 19.7 Å². The molecule has 0 saturated carbocycles. The van der Waals surface area contributed by atoms with Gasteiger partial charge in [-0.2, -0.15) is 10.1 Å². The Morgan fingerprint density at radius 1 is 1.10 bits per heavy atom. The Morgan fingerprint density at radius 3 is 2.65 bits per heavy atom. The van der Waals surface area contributed by atoms with Gasteiger partial charge in [0.15, 0.2) is 5.82 Å². The molecule has 0 atom stereocenters. The summed E-state index contributed by atoms with van der Waals surface area (Å²) in [5.41, 5.74) is 2.77. The molecule has 0 spiro atoms. The lowest BCUT2D eigenvalue weighted by Crippen LogP contribution is -2.25. The maximum Gasteiger partial charge on any atom is 0.232 e. The third-order valence-electron chi connectivity index (χ3n) is 4.74. The van der Waals surface area contributed by atoms with Crippen LogP contribution in [-0.4, -0.2) is 41.5 Å². The van der Waals surface area contributed by atoms with Crippen LogP contribution in [0, 0.1) is 0 Å². The van der Waals surface area contributed by atoms with Crippen LogP contribution in [0.1, 0.15) is 0 Å². The molecule has 2 heterocycles. The first-order chi connectivity index (χ1) is 14.7. The summed E-state index contributed by atoms with van der Waals surface area (Å²) < 4.78 is 26.9. The molecule has 0 fully saturated rings. The van der Waals surface area contributed by atoms with E-state index in [-0.39, 0.29) is 0 Å². The van der Waals surface area contributed by atoms with Crippen LogP contribution in [0.3, 0.4) is 0 Å². The summed E-state index contributed by atoms with van der Waals surface area (Å²) in [7, 11) is -0.0802. The lowest BCUT2D eigenvalue weighted by molar-refractivity contribution is 0.600. The molecule has 2 N–H and O–H groups in total. The second-order valence-corrected chi connectivity index (χ2v) is 9.35. The van der Waals surface area contributed by atoms with Gasteiger partial charge in [0.1, 0.15) is 5.02 Å². The summed E-state index contributed by atoms with van der Waals surface area (Å²) >= 11 is 6.30. The molecule has 4 rings (SSSR count). The molecule has 0 saturated heterocycles. The van der Waals surface area contributed by atoms with E-state index in [1.807, 2.05) is 25.2 Å². The van der Waals surface area contributed by atoms with Gasteiger partial charge in [-0.15, -0.1) is 0 Å². The first-order valence-corrected chi connectivity index (χ1v) is 11.5. The number of aryl methyl sites for hydroxylation is 1. The van der Waals surface area contributed by atoms with Gasteiger partial charge in [0.05, 0.1) is 35.5 Å². The standard InChI is InChI=1S/C20H20ClN7O2S/c1-27-18-10-14(9-8-13(18)11-23-27)24-20-22-12-15(21)19(26-20)25-16-6-4-5-7-17(16)28(2)31(3,29)30/h4-12H,1-3H3,(H2,22,24,25,26). The summed E-state index contributed by atoms with van der Waals surface area (Å²) in [6.07, 6.45) is 4.41. The Bertz CT molecular complexity index is 1370. The maximum absolute atomic E-state index is 12.0. The molecule has 0 aliphatic carbocycles. The number of nitrogens with zero attached hydrogens (tertiary/aromatic N) is 5. The summed E-state index contributed by atoms with van der Waals surface area (Å²) in [6.45, 7) is 0. The molecule has 0 radical (unpaired) electrons. The number of rotatable bonds is 6. The van der Waals surface area contributed by atoms with Crippen LogP contribution < -0.4 is 14.9 Å². The van der Waals surface area contributed by atoms with Crippen molar-refractivity contribution in [2.75, 3.05) is 28.2 Å². The van der Waals surface area contributed by atoms with Crippen LogP contribution in [0.15, 0.2) is 54.9 Å². The summed E-state index contributed by atoms with van der Waals surface area (Å²) in [4.78, 5) is 8.70. The molecule has 0 amide bonds. The van der Waals surface area contributed by atoms with Gasteiger partial charge in [-0.1, -0.05) is 23.7 Å². The SMILES string of the molecule is CN(c1ccccc1Nc1nc(Nc2ccc3cnn(C)c3c2)ncc1Cl)S(C)(=O)=O. The minimum absolute atomic E-state index is 0.296. The third kappa shape index (κ3) is 4.39. The first-order valence-electron chi connectivity index (χ1n) is 9.23. The topological polar surface area (TPSA) is 105 Å². The Balaban J connectivity index is 1.64. The molecule has 0 bridgehead atoms. The highest BCUT2D eigenvalue weighted by Crippen LogP contribution is 2.32. The van der Waals surface area contributed by atoms with Crippen LogP contribution in [0.5, 0.6) is 0 Å². The number of halogens is 1. The second-order valence-electron chi connectivity index (χ2n) is 6.93. The van der Waals surface area contributed by atoms with E-state index >= 15 is 0 Å². The zero-order valence-corrected chi connectivity index (χ0v) is 18.6. The smallest absolute Gasteiger partial charge is 0.232 e. The van der Waals surface area contributed by atoms with Crippen LogP contribution in [0.25, 0.3) is 10.9 Å². The fourth-order valence-corrected chi connectivity index (χ4v) is 3.68. The van der Waals surface area contributed by atoms with Crippen molar-refractivity contribution in [1.29, 1.82) is 0 Å². The van der Waals surface area contributed by atoms with Gasteiger partial charge in [-0.25, -0.2) is 13.4 Å². The van der Waals surface area contributed by atoms with Gasteiger partial charge in [0.2, 0.25) is 16.0 Å². The number of para-hydroxylation sites is 2. The number of sulfonamides is 1. The fourth-order valence-electron chi connectivity index (χ4n) is 3.03. The Labute approximate surface area is 184 Å². The van der Waals surface area contributed by atoms with E-state index in [0.717, 1.165) is 22.8 Å². The highest BCUT2D eigenvalue weighted by atomic mass is 35.5. The molecule has 160 valence electrons. The molecule has 2 aromatic carbocycles. The van der Waals surface area contributed by atoms with Gasteiger partial charge < -0.3 is 10.6 Å². The number of hydrogen-bond acceptors (Lipinski definition) is 7. The molecule has 11 heteroatoms. The van der Waals surface area contributed by atoms with Gasteiger partial charge >= 0.3 is 0 Å². The minimum atomic E-state index is -3.44.